The molecule has 7 nitrogen and oxygen atoms in total. The van der Waals surface area contributed by atoms with Gasteiger partial charge in [-0.15, -0.1) is 6.58 Å². The molecule has 0 spiro atoms. The number of carbonyl (C=O) groups excluding carboxylic acids is 2. The molecular weight excluding hydrogens is 368 g/mol. The Morgan fingerprint density at radius 1 is 1.19 bits per heavy atom. The Kier molecular flexibility index (Phi) is 7.55. The summed E-state index contributed by atoms with van der Waals surface area (Å²) in [7, 11) is -3.65. The molecule has 0 radical (unpaired) electrons. The zero-order valence-corrected chi connectivity index (χ0v) is 16.3. The van der Waals surface area contributed by atoms with Gasteiger partial charge in [-0.1, -0.05) is 18.9 Å². The van der Waals surface area contributed by atoms with Gasteiger partial charge in [-0.05, 0) is 44.0 Å². The first-order valence-electron chi connectivity index (χ1n) is 9.05. The number of carbonyl (C=O) groups is 2. The first-order valence-corrected chi connectivity index (χ1v) is 10.5. The molecule has 2 rings (SSSR count). The molecule has 148 valence electrons. The highest BCUT2D eigenvalue weighted by molar-refractivity contribution is 7.89. The molecule has 0 bridgehead atoms. The molecular formula is C19H26N2O5S. The third-order valence-corrected chi connectivity index (χ3v) is 5.81. The van der Waals surface area contributed by atoms with Crippen molar-refractivity contribution in [3.8, 4) is 0 Å². The Morgan fingerprint density at radius 2 is 1.78 bits per heavy atom. The molecule has 1 saturated heterocycles. The number of sulfonamides is 1. The largest absolute Gasteiger partial charge is 0.449 e. The third kappa shape index (κ3) is 5.90. The van der Waals surface area contributed by atoms with Crippen molar-refractivity contribution < 1.29 is 22.7 Å². The predicted octanol–water partition coefficient (Wildman–Crippen LogP) is 2.10. The van der Waals surface area contributed by atoms with Crippen LogP contribution in [0.15, 0.2) is 41.8 Å². The molecule has 1 aromatic carbocycles. The van der Waals surface area contributed by atoms with Crippen LogP contribution >= 0.6 is 0 Å². The van der Waals surface area contributed by atoms with Gasteiger partial charge in [0.2, 0.25) is 10.0 Å². The number of esters is 1. The zero-order valence-electron chi connectivity index (χ0n) is 15.5. The predicted molar refractivity (Wildman–Crippen MR) is 102 cm³/mol. The quantitative estimate of drug-likeness (QED) is 0.565. The molecule has 1 aliphatic rings. The van der Waals surface area contributed by atoms with Crippen LogP contribution in [0.3, 0.4) is 0 Å². The van der Waals surface area contributed by atoms with E-state index in [-0.39, 0.29) is 22.9 Å². The molecule has 0 unspecified atom stereocenters. The lowest BCUT2D eigenvalue weighted by Crippen LogP contribution is -2.40. The van der Waals surface area contributed by atoms with Gasteiger partial charge in [0.25, 0.3) is 5.91 Å². The molecule has 1 aliphatic heterocycles. The van der Waals surface area contributed by atoms with Gasteiger partial charge in [0, 0.05) is 19.6 Å². The molecule has 1 N–H and O–H groups in total. The first kappa shape index (κ1) is 21.1. The number of hydrogen-bond acceptors (Lipinski definition) is 5. The molecule has 1 heterocycles. The SMILES string of the molecule is C=CCNS(=O)(=O)c1ccc(C(=O)O[C@@H](C)C(=O)N2CCCCCC2)cc1. The summed E-state index contributed by atoms with van der Waals surface area (Å²) in [4.78, 5) is 26.5. The van der Waals surface area contributed by atoms with Crippen LogP contribution in [-0.4, -0.2) is 50.9 Å². The fourth-order valence-electron chi connectivity index (χ4n) is 2.85. The summed E-state index contributed by atoms with van der Waals surface area (Å²) in [5.74, 6) is -0.855. The van der Waals surface area contributed by atoms with E-state index < -0.39 is 22.1 Å². The summed E-state index contributed by atoms with van der Waals surface area (Å²) in [6.45, 7) is 6.50. The highest BCUT2D eigenvalue weighted by Crippen LogP contribution is 2.14. The molecule has 1 aromatic rings. The Bertz CT molecular complexity index is 766. The Morgan fingerprint density at radius 3 is 2.33 bits per heavy atom. The number of amides is 1. The fraction of sp³-hybridized carbons (Fsp3) is 0.474. The van der Waals surface area contributed by atoms with E-state index in [1.807, 2.05) is 0 Å². The molecule has 1 fully saturated rings. The maximum absolute atomic E-state index is 12.5. The van der Waals surface area contributed by atoms with Crippen molar-refractivity contribution in [2.24, 2.45) is 0 Å². The maximum atomic E-state index is 12.5. The number of hydrogen-bond donors (Lipinski definition) is 1. The van der Waals surface area contributed by atoms with Crippen molar-refractivity contribution in [1.29, 1.82) is 0 Å². The van der Waals surface area contributed by atoms with Crippen LogP contribution in [0, 0.1) is 0 Å². The van der Waals surface area contributed by atoms with Crippen molar-refractivity contribution in [2.45, 2.75) is 43.6 Å². The van der Waals surface area contributed by atoms with E-state index in [1.165, 1.54) is 30.3 Å². The smallest absolute Gasteiger partial charge is 0.338 e. The van der Waals surface area contributed by atoms with E-state index in [0.717, 1.165) is 25.7 Å². The van der Waals surface area contributed by atoms with Crippen molar-refractivity contribution in [3.05, 3.63) is 42.5 Å². The number of ether oxygens (including phenoxy) is 1. The second-order valence-electron chi connectivity index (χ2n) is 6.45. The van der Waals surface area contributed by atoms with Gasteiger partial charge in [-0.2, -0.15) is 0 Å². The molecule has 1 amide bonds. The monoisotopic (exact) mass is 394 g/mol. The minimum Gasteiger partial charge on any atom is -0.449 e. The van der Waals surface area contributed by atoms with Crippen LogP contribution in [0.1, 0.15) is 43.0 Å². The van der Waals surface area contributed by atoms with Gasteiger partial charge in [0.05, 0.1) is 10.5 Å². The zero-order chi connectivity index (χ0) is 19.9. The van der Waals surface area contributed by atoms with Crippen molar-refractivity contribution >= 4 is 21.9 Å². The van der Waals surface area contributed by atoms with Crippen molar-refractivity contribution in [2.75, 3.05) is 19.6 Å². The van der Waals surface area contributed by atoms with Gasteiger partial charge < -0.3 is 9.64 Å². The van der Waals surface area contributed by atoms with Crippen LogP contribution < -0.4 is 4.72 Å². The average Bonchev–Trinajstić information content (AvgIpc) is 2.95. The minimum atomic E-state index is -3.65. The fourth-order valence-corrected chi connectivity index (χ4v) is 3.85. The number of benzene rings is 1. The van der Waals surface area contributed by atoms with E-state index in [1.54, 1.807) is 11.8 Å². The van der Waals surface area contributed by atoms with Crippen molar-refractivity contribution in [3.63, 3.8) is 0 Å². The Balaban J connectivity index is 1.98. The van der Waals surface area contributed by atoms with Gasteiger partial charge in [0.15, 0.2) is 6.10 Å². The second kappa shape index (κ2) is 9.66. The van der Waals surface area contributed by atoms with E-state index in [9.17, 15) is 18.0 Å². The molecule has 8 heteroatoms. The normalized spacial score (nSPS) is 16.3. The Hall–Kier alpha value is -2.19. The maximum Gasteiger partial charge on any atom is 0.338 e. The molecule has 0 aromatic heterocycles. The van der Waals surface area contributed by atoms with E-state index in [4.69, 9.17) is 4.74 Å². The summed E-state index contributed by atoms with van der Waals surface area (Å²) in [6, 6.07) is 5.38. The third-order valence-electron chi connectivity index (χ3n) is 4.37. The van der Waals surface area contributed by atoms with Gasteiger partial charge in [0.1, 0.15) is 0 Å². The van der Waals surface area contributed by atoms with Gasteiger partial charge in [-0.3, -0.25) is 4.79 Å². The summed E-state index contributed by atoms with van der Waals surface area (Å²) in [5.41, 5.74) is 0.188. The number of nitrogens with zero attached hydrogens (tertiary/aromatic N) is 1. The average molecular weight is 394 g/mol. The lowest BCUT2D eigenvalue weighted by molar-refractivity contribution is -0.139. The number of rotatable bonds is 7. The van der Waals surface area contributed by atoms with Crippen LogP contribution in [0.25, 0.3) is 0 Å². The highest BCUT2D eigenvalue weighted by Gasteiger charge is 2.25. The highest BCUT2D eigenvalue weighted by atomic mass is 32.2. The summed E-state index contributed by atoms with van der Waals surface area (Å²) in [6.07, 6.45) is 4.69. The first-order chi connectivity index (χ1) is 12.8. The topological polar surface area (TPSA) is 92.8 Å². The summed E-state index contributed by atoms with van der Waals surface area (Å²) in [5, 5.41) is 0. The van der Waals surface area contributed by atoms with Crippen LogP contribution in [0.5, 0.6) is 0 Å². The lowest BCUT2D eigenvalue weighted by Gasteiger charge is -2.24. The summed E-state index contributed by atoms with van der Waals surface area (Å²) >= 11 is 0. The van der Waals surface area contributed by atoms with Crippen LogP contribution in [-0.2, 0) is 19.6 Å². The standard InChI is InChI=1S/C19H26N2O5S/c1-3-12-20-27(24,25)17-10-8-16(9-11-17)19(23)26-15(2)18(22)21-13-6-4-5-7-14-21/h3,8-11,15,20H,1,4-7,12-14H2,2H3/t15-/m0/s1. The van der Waals surface area contributed by atoms with E-state index in [2.05, 4.69) is 11.3 Å². The van der Waals surface area contributed by atoms with Crippen LogP contribution in [0.4, 0.5) is 0 Å². The van der Waals surface area contributed by atoms with Crippen molar-refractivity contribution in [1.82, 2.24) is 9.62 Å². The van der Waals surface area contributed by atoms with Gasteiger partial charge in [-0.25, -0.2) is 17.9 Å². The van der Waals surface area contributed by atoms with Gasteiger partial charge >= 0.3 is 5.97 Å². The molecule has 0 aliphatic carbocycles. The summed E-state index contributed by atoms with van der Waals surface area (Å²) < 4.78 is 31.7. The van der Waals surface area contributed by atoms with E-state index in [0.29, 0.717) is 13.1 Å². The number of likely N-dealkylation sites (tertiary alicyclic amines) is 1. The number of nitrogens with one attached hydrogen (secondary N) is 1. The van der Waals surface area contributed by atoms with Crippen LogP contribution in [0.2, 0.25) is 0 Å². The molecule has 1 atom stereocenters. The molecule has 27 heavy (non-hydrogen) atoms. The van der Waals surface area contributed by atoms with E-state index >= 15 is 0 Å². The second-order valence-corrected chi connectivity index (χ2v) is 8.22. The lowest BCUT2D eigenvalue weighted by atomic mass is 10.2. The Labute approximate surface area is 160 Å². The minimum absolute atomic E-state index is 0.0367. The molecule has 0 saturated carbocycles.